The van der Waals surface area contributed by atoms with E-state index in [1.807, 2.05) is 7.11 Å². The van der Waals surface area contributed by atoms with Gasteiger partial charge in [-0.2, -0.15) is 0 Å². The Morgan fingerprint density at radius 3 is 1.31 bits per heavy atom. The Morgan fingerprint density at radius 2 is 0.861 bits per heavy atom. The van der Waals surface area contributed by atoms with Crippen molar-refractivity contribution in [3.8, 4) is 0 Å². The van der Waals surface area contributed by atoms with Crippen LogP contribution < -0.4 is 5.19 Å². The van der Waals surface area contributed by atoms with Gasteiger partial charge in [0.15, 0.2) is 9.76 Å². The van der Waals surface area contributed by atoms with Crippen LogP contribution in [0.1, 0.15) is 172 Å². The van der Waals surface area contributed by atoms with Crippen LogP contribution in [0.3, 0.4) is 0 Å². The van der Waals surface area contributed by atoms with Crippen molar-refractivity contribution >= 4 is 14.9 Å². The lowest BCUT2D eigenvalue weighted by atomic mass is 9.90. The summed E-state index contributed by atoms with van der Waals surface area (Å²) in [4.78, 5) is 0. The molecule has 0 fully saturated rings. The van der Waals surface area contributed by atoms with E-state index < -0.39 is 9.76 Å². The molecule has 0 radical (unpaired) electrons. The third kappa shape index (κ3) is 16.3. The van der Waals surface area contributed by atoms with E-state index in [9.17, 15) is 0 Å². The molecule has 1 rings (SSSR count). The highest BCUT2D eigenvalue weighted by Crippen LogP contribution is 2.23. The molecule has 0 aliphatic carbocycles. The summed E-state index contributed by atoms with van der Waals surface area (Å²) < 4.78 is 5.80. The van der Waals surface area contributed by atoms with E-state index in [0.717, 1.165) is 0 Å². The van der Waals surface area contributed by atoms with Crippen LogP contribution in [0.5, 0.6) is 0 Å². The molecule has 0 aromatic heterocycles. The molecule has 1 nitrogen and oxygen atoms in total. The number of hydrogen-bond donors (Lipinski definition) is 0. The second-order valence-electron chi connectivity index (χ2n) is 11.4. The van der Waals surface area contributed by atoms with Crippen molar-refractivity contribution < 1.29 is 4.43 Å². The quantitative estimate of drug-likeness (QED) is 0.0879. The molecule has 2 heteroatoms. The first-order valence-corrected chi connectivity index (χ1v) is 17.7. The van der Waals surface area contributed by atoms with Crippen molar-refractivity contribution in [1.29, 1.82) is 0 Å². The summed E-state index contributed by atoms with van der Waals surface area (Å²) in [6.45, 7) is 6.94. The Balaban J connectivity index is 2.77. The maximum Gasteiger partial charge on any atom is 0.191 e. The van der Waals surface area contributed by atoms with Gasteiger partial charge in [0.05, 0.1) is 0 Å². The molecular weight excluding hydrogens is 452 g/mol. The van der Waals surface area contributed by atoms with Crippen LogP contribution in [-0.4, -0.2) is 16.9 Å². The van der Waals surface area contributed by atoms with Gasteiger partial charge < -0.3 is 4.43 Å². The first-order chi connectivity index (χ1) is 17.8. The topological polar surface area (TPSA) is 9.23 Å². The Morgan fingerprint density at radius 1 is 0.472 bits per heavy atom. The van der Waals surface area contributed by atoms with E-state index in [1.165, 1.54) is 154 Å². The molecule has 210 valence electrons. The van der Waals surface area contributed by atoms with Crippen molar-refractivity contribution in [3.63, 3.8) is 0 Å². The van der Waals surface area contributed by atoms with E-state index in [2.05, 4.69) is 32.9 Å². The van der Waals surface area contributed by atoms with Gasteiger partial charge in [-0.25, -0.2) is 0 Å². The van der Waals surface area contributed by atoms with Gasteiger partial charge in [0.1, 0.15) is 0 Å². The molecular formula is C34H64OSi. The molecule has 0 heterocycles. The van der Waals surface area contributed by atoms with Crippen LogP contribution >= 0.6 is 0 Å². The lowest BCUT2D eigenvalue weighted by Gasteiger charge is -2.19. The van der Waals surface area contributed by atoms with Gasteiger partial charge in [-0.05, 0) is 60.4 Å². The lowest BCUT2D eigenvalue weighted by molar-refractivity contribution is 0.450. The average molecular weight is 517 g/mol. The largest absolute Gasteiger partial charge is 0.422 e. The summed E-state index contributed by atoms with van der Waals surface area (Å²) in [6, 6.07) is 4.97. The molecule has 0 saturated carbocycles. The van der Waals surface area contributed by atoms with Crippen molar-refractivity contribution in [2.45, 2.75) is 175 Å². The summed E-state index contributed by atoms with van der Waals surface area (Å²) >= 11 is 0. The van der Waals surface area contributed by atoms with Crippen LogP contribution in [0.4, 0.5) is 0 Å². The fraction of sp³-hybridized carbons (Fsp3) is 0.824. The second kappa shape index (κ2) is 24.7. The lowest BCUT2D eigenvalue weighted by Crippen LogP contribution is -2.24. The zero-order valence-corrected chi connectivity index (χ0v) is 26.7. The van der Waals surface area contributed by atoms with E-state index >= 15 is 0 Å². The molecule has 0 spiro atoms. The zero-order valence-electron chi connectivity index (χ0n) is 25.2. The van der Waals surface area contributed by atoms with E-state index in [0.29, 0.717) is 0 Å². The number of benzene rings is 1. The monoisotopic (exact) mass is 516 g/mol. The number of rotatable bonds is 26. The van der Waals surface area contributed by atoms with E-state index in [-0.39, 0.29) is 0 Å². The number of hydrogen-bond acceptors (Lipinski definition) is 1. The first kappa shape index (κ1) is 33.4. The van der Waals surface area contributed by atoms with Crippen molar-refractivity contribution in [2.75, 3.05) is 7.11 Å². The van der Waals surface area contributed by atoms with E-state index in [1.54, 1.807) is 21.9 Å². The molecule has 0 saturated heterocycles. The second-order valence-corrected chi connectivity index (χ2v) is 13.0. The Hall–Kier alpha value is -0.603. The fourth-order valence-electron chi connectivity index (χ4n) is 5.73. The molecule has 36 heavy (non-hydrogen) atoms. The van der Waals surface area contributed by atoms with Gasteiger partial charge in [-0.1, -0.05) is 148 Å². The number of unbranched alkanes of at least 4 members (excludes halogenated alkanes) is 18. The van der Waals surface area contributed by atoms with Gasteiger partial charge >= 0.3 is 0 Å². The molecule has 0 bridgehead atoms. The Kier molecular flexibility index (Phi) is 22.9. The van der Waals surface area contributed by atoms with Gasteiger partial charge in [-0.3, -0.25) is 0 Å². The van der Waals surface area contributed by atoms with Crippen LogP contribution in [0.15, 0.2) is 12.1 Å². The highest BCUT2D eigenvalue weighted by Gasteiger charge is 2.14. The standard InChI is InChI=1S/C34H64OSi/c1-5-8-11-14-17-20-23-26-31-29-30-34(36-35-4)33(28-25-22-19-16-13-10-7-3)32(31)27-24-21-18-15-12-9-6-2/h29-30H,5-28,36H2,1-4H3. The minimum atomic E-state index is -0.596. The predicted molar refractivity (Wildman–Crippen MR) is 167 cm³/mol. The smallest absolute Gasteiger partial charge is 0.191 e. The van der Waals surface area contributed by atoms with Gasteiger partial charge in [-0.15, -0.1) is 0 Å². The maximum absolute atomic E-state index is 5.80. The van der Waals surface area contributed by atoms with E-state index in [4.69, 9.17) is 4.43 Å². The van der Waals surface area contributed by atoms with Gasteiger partial charge in [0.2, 0.25) is 0 Å². The Labute approximate surface area is 229 Å². The molecule has 0 amide bonds. The third-order valence-electron chi connectivity index (χ3n) is 8.04. The summed E-state index contributed by atoms with van der Waals surface area (Å²) in [7, 11) is 1.33. The average Bonchev–Trinajstić information content (AvgIpc) is 2.89. The van der Waals surface area contributed by atoms with Crippen molar-refractivity contribution in [2.24, 2.45) is 0 Å². The maximum atomic E-state index is 5.80. The third-order valence-corrected chi connectivity index (χ3v) is 9.30. The minimum absolute atomic E-state index is 0.596. The Bertz CT molecular complexity index is 611. The van der Waals surface area contributed by atoms with Crippen molar-refractivity contribution in [3.05, 3.63) is 28.8 Å². The summed E-state index contributed by atoms with van der Waals surface area (Å²) in [6.07, 6.45) is 33.3. The molecule has 0 aliphatic rings. The SMILES string of the molecule is CCCCCCCCCc1ccc([SiH2]OC)c(CCCCCCCCC)c1CCCCCCCCC. The highest BCUT2D eigenvalue weighted by atomic mass is 28.2. The van der Waals surface area contributed by atoms with Crippen LogP contribution in [0.25, 0.3) is 0 Å². The summed E-state index contributed by atoms with van der Waals surface area (Å²) in [5, 5.41) is 1.60. The normalized spacial score (nSPS) is 11.8. The summed E-state index contributed by atoms with van der Waals surface area (Å²) in [5.41, 5.74) is 5.16. The minimum Gasteiger partial charge on any atom is -0.422 e. The van der Waals surface area contributed by atoms with Crippen molar-refractivity contribution in [1.82, 2.24) is 0 Å². The molecule has 0 aliphatic heterocycles. The molecule has 0 N–H and O–H groups in total. The van der Waals surface area contributed by atoms with Crippen LogP contribution in [-0.2, 0) is 23.7 Å². The van der Waals surface area contributed by atoms with Gasteiger partial charge in [0, 0.05) is 7.11 Å². The molecule has 0 unspecified atom stereocenters. The molecule has 1 aromatic carbocycles. The fourth-order valence-corrected chi connectivity index (χ4v) is 6.82. The van der Waals surface area contributed by atoms with Crippen LogP contribution in [0.2, 0.25) is 0 Å². The van der Waals surface area contributed by atoms with Crippen LogP contribution in [0, 0.1) is 0 Å². The summed E-state index contributed by atoms with van der Waals surface area (Å²) in [5.74, 6) is 0. The molecule has 0 atom stereocenters. The predicted octanol–water partition coefficient (Wildman–Crippen LogP) is 9.92. The first-order valence-electron chi connectivity index (χ1n) is 16.4. The number of aryl methyl sites for hydroxylation is 1. The zero-order chi connectivity index (χ0) is 26.1. The molecule has 1 aromatic rings. The van der Waals surface area contributed by atoms with Gasteiger partial charge in [0.25, 0.3) is 0 Å². The highest BCUT2D eigenvalue weighted by molar-refractivity contribution is 6.47.